The normalized spacial score (nSPS) is 21.2. The molecule has 1 saturated heterocycles. The number of amides is 1. The molecule has 7 heteroatoms. The Kier molecular flexibility index (Phi) is 5.78. The molecule has 1 aliphatic heterocycles. The molecule has 1 atom stereocenters. The van der Waals surface area contributed by atoms with Crippen molar-refractivity contribution < 1.29 is 23.1 Å². The van der Waals surface area contributed by atoms with Gasteiger partial charge < -0.3 is 10.0 Å². The second kappa shape index (κ2) is 6.77. The van der Waals surface area contributed by atoms with E-state index in [2.05, 4.69) is 0 Å². The molecular formula is C14H25NO5S. The van der Waals surface area contributed by atoms with Crippen molar-refractivity contribution in [2.24, 2.45) is 5.41 Å². The van der Waals surface area contributed by atoms with Crippen LogP contribution in [0.25, 0.3) is 0 Å². The first-order chi connectivity index (χ1) is 9.59. The summed E-state index contributed by atoms with van der Waals surface area (Å²) in [6.45, 7) is 5.51. The molecule has 1 fully saturated rings. The molecule has 1 rings (SSSR count). The first kappa shape index (κ1) is 17.9. The van der Waals surface area contributed by atoms with Gasteiger partial charge in [-0.25, -0.2) is 8.42 Å². The van der Waals surface area contributed by atoms with Gasteiger partial charge in [-0.2, -0.15) is 0 Å². The Hall–Kier alpha value is -1.11. The fraction of sp³-hybridized carbons (Fsp3) is 0.857. The summed E-state index contributed by atoms with van der Waals surface area (Å²) < 4.78 is 23.2. The van der Waals surface area contributed by atoms with Crippen molar-refractivity contribution in [2.75, 3.05) is 18.1 Å². The highest BCUT2D eigenvalue weighted by Gasteiger charge is 2.37. The highest BCUT2D eigenvalue weighted by molar-refractivity contribution is 7.91. The van der Waals surface area contributed by atoms with Crippen LogP contribution in [0.3, 0.4) is 0 Å². The Morgan fingerprint density at radius 1 is 1.33 bits per heavy atom. The van der Waals surface area contributed by atoms with Crippen LogP contribution in [0.5, 0.6) is 0 Å². The Labute approximate surface area is 126 Å². The number of nitrogens with zero attached hydrogens (tertiary/aromatic N) is 1. The summed E-state index contributed by atoms with van der Waals surface area (Å²) in [4.78, 5) is 25.2. The minimum absolute atomic E-state index is 0.00401. The van der Waals surface area contributed by atoms with E-state index in [0.717, 1.165) is 12.8 Å². The van der Waals surface area contributed by atoms with Crippen molar-refractivity contribution in [3.63, 3.8) is 0 Å². The van der Waals surface area contributed by atoms with Gasteiger partial charge in [0.15, 0.2) is 9.84 Å². The number of hydrogen-bond acceptors (Lipinski definition) is 4. The number of sulfone groups is 1. The third-order valence-corrected chi connectivity index (χ3v) is 5.64. The molecule has 0 bridgehead atoms. The largest absolute Gasteiger partial charge is 0.481 e. The van der Waals surface area contributed by atoms with E-state index in [1.807, 2.05) is 6.92 Å². The van der Waals surface area contributed by atoms with Crippen molar-refractivity contribution in [1.82, 2.24) is 4.90 Å². The highest BCUT2D eigenvalue weighted by Crippen LogP contribution is 2.25. The topological polar surface area (TPSA) is 91.8 Å². The van der Waals surface area contributed by atoms with E-state index in [0.29, 0.717) is 13.0 Å². The molecule has 0 aromatic heterocycles. The van der Waals surface area contributed by atoms with Crippen LogP contribution in [0.4, 0.5) is 0 Å². The molecule has 1 amide bonds. The molecule has 0 saturated carbocycles. The Bertz CT molecular complexity index is 497. The molecule has 0 aromatic carbocycles. The van der Waals surface area contributed by atoms with Crippen molar-refractivity contribution in [2.45, 2.75) is 52.5 Å². The number of rotatable bonds is 7. The maximum Gasteiger partial charge on any atom is 0.309 e. The summed E-state index contributed by atoms with van der Waals surface area (Å²) in [7, 11) is -3.07. The lowest BCUT2D eigenvalue weighted by atomic mass is 9.88. The fourth-order valence-electron chi connectivity index (χ4n) is 2.42. The molecule has 1 unspecified atom stereocenters. The fourth-order valence-corrected chi connectivity index (χ4v) is 4.15. The predicted octanol–water partition coefficient (Wildman–Crippen LogP) is 1.30. The maximum atomic E-state index is 12.4. The number of unbranched alkanes of at least 4 members (excludes halogenated alkanes) is 1. The summed E-state index contributed by atoms with van der Waals surface area (Å²) in [5, 5.41) is 9.13. The molecule has 122 valence electrons. The second-order valence-electron chi connectivity index (χ2n) is 6.36. The zero-order valence-electron chi connectivity index (χ0n) is 13.0. The smallest absolute Gasteiger partial charge is 0.309 e. The van der Waals surface area contributed by atoms with Crippen molar-refractivity contribution in [3.05, 3.63) is 0 Å². The number of carbonyl (C=O) groups excluding carboxylic acids is 1. The molecule has 1 heterocycles. The van der Waals surface area contributed by atoms with Crippen molar-refractivity contribution >= 4 is 21.7 Å². The SMILES string of the molecule is CCCCN(C(=O)CC(C)(C)C(=O)O)C1CCS(=O)(=O)C1. The Balaban J connectivity index is 2.82. The predicted molar refractivity (Wildman–Crippen MR) is 79.7 cm³/mol. The molecule has 1 N–H and O–H groups in total. The van der Waals surface area contributed by atoms with Crippen LogP contribution < -0.4 is 0 Å². The third-order valence-electron chi connectivity index (χ3n) is 3.89. The quantitative estimate of drug-likeness (QED) is 0.763. The first-order valence-electron chi connectivity index (χ1n) is 7.32. The van der Waals surface area contributed by atoms with Gasteiger partial charge >= 0.3 is 5.97 Å². The minimum Gasteiger partial charge on any atom is -0.481 e. The zero-order valence-corrected chi connectivity index (χ0v) is 13.8. The van der Waals surface area contributed by atoms with Crippen LogP contribution >= 0.6 is 0 Å². The average molecular weight is 319 g/mol. The van der Waals surface area contributed by atoms with Crippen LogP contribution in [-0.4, -0.2) is 54.4 Å². The standard InChI is InChI=1S/C14H25NO5S/c1-4-5-7-15(11-6-8-21(19,20)10-11)12(16)9-14(2,3)13(17)18/h11H,4-10H2,1-3H3,(H,17,18). The lowest BCUT2D eigenvalue weighted by molar-refractivity contribution is -0.152. The molecule has 0 aromatic rings. The highest BCUT2D eigenvalue weighted by atomic mass is 32.2. The van der Waals surface area contributed by atoms with Gasteiger partial charge in [-0.1, -0.05) is 13.3 Å². The summed E-state index contributed by atoms with van der Waals surface area (Å²) in [5.74, 6) is -1.19. The summed E-state index contributed by atoms with van der Waals surface area (Å²) >= 11 is 0. The lowest BCUT2D eigenvalue weighted by Crippen LogP contribution is -2.44. The van der Waals surface area contributed by atoms with Gasteiger partial charge in [-0.15, -0.1) is 0 Å². The molecule has 1 aliphatic rings. The molecular weight excluding hydrogens is 294 g/mol. The van der Waals surface area contributed by atoms with Gasteiger partial charge in [0.2, 0.25) is 5.91 Å². The summed E-state index contributed by atoms with van der Waals surface area (Å²) in [5.41, 5.74) is -1.14. The van der Waals surface area contributed by atoms with E-state index in [1.54, 1.807) is 4.90 Å². The van der Waals surface area contributed by atoms with E-state index >= 15 is 0 Å². The first-order valence-corrected chi connectivity index (χ1v) is 9.14. The number of carbonyl (C=O) groups is 2. The number of carboxylic acids is 1. The Morgan fingerprint density at radius 3 is 2.38 bits per heavy atom. The van der Waals surface area contributed by atoms with Gasteiger partial charge in [0, 0.05) is 19.0 Å². The van der Waals surface area contributed by atoms with E-state index in [4.69, 9.17) is 5.11 Å². The van der Waals surface area contributed by atoms with Gasteiger partial charge in [-0.05, 0) is 26.7 Å². The van der Waals surface area contributed by atoms with E-state index in [9.17, 15) is 18.0 Å². The maximum absolute atomic E-state index is 12.4. The summed E-state index contributed by atoms with van der Waals surface area (Å²) in [6, 6.07) is -0.307. The number of hydrogen-bond donors (Lipinski definition) is 1. The molecule has 21 heavy (non-hydrogen) atoms. The third kappa shape index (κ3) is 4.98. The minimum atomic E-state index is -3.07. The second-order valence-corrected chi connectivity index (χ2v) is 8.59. The van der Waals surface area contributed by atoms with Crippen LogP contribution in [0.2, 0.25) is 0 Å². The van der Waals surface area contributed by atoms with Crippen molar-refractivity contribution in [1.29, 1.82) is 0 Å². The van der Waals surface area contributed by atoms with Crippen molar-refractivity contribution in [3.8, 4) is 0 Å². The van der Waals surface area contributed by atoms with Gasteiger partial charge in [0.25, 0.3) is 0 Å². The molecule has 0 aliphatic carbocycles. The number of aliphatic carboxylic acids is 1. The zero-order chi connectivity index (χ0) is 16.3. The van der Waals surface area contributed by atoms with Crippen LogP contribution in [-0.2, 0) is 19.4 Å². The van der Waals surface area contributed by atoms with Gasteiger partial charge in [0.05, 0.1) is 16.9 Å². The number of carboxylic acid groups (broad SMARTS) is 1. The summed E-state index contributed by atoms with van der Waals surface area (Å²) in [6.07, 6.45) is 2.02. The lowest BCUT2D eigenvalue weighted by Gasteiger charge is -2.31. The van der Waals surface area contributed by atoms with Gasteiger partial charge in [0.1, 0.15) is 0 Å². The van der Waals surface area contributed by atoms with Gasteiger partial charge in [-0.3, -0.25) is 9.59 Å². The molecule has 0 radical (unpaired) electrons. The average Bonchev–Trinajstić information content (AvgIpc) is 2.69. The monoisotopic (exact) mass is 319 g/mol. The molecule has 0 spiro atoms. The van der Waals surface area contributed by atoms with Crippen LogP contribution in [0.15, 0.2) is 0 Å². The van der Waals surface area contributed by atoms with E-state index in [1.165, 1.54) is 13.8 Å². The van der Waals surface area contributed by atoms with E-state index < -0.39 is 21.2 Å². The molecule has 6 nitrogen and oxygen atoms in total. The van der Waals surface area contributed by atoms with Crippen LogP contribution in [0, 0.1) is 5.41 Å². The van der Waals surface area contributed by atoms with E-state index in [-0.39, 0.29) is 29.9 Å². The Morgan fingerprint density at radius 2 is 1.95 bits per heavy atom. The van der Waals surface area contributed by atoms with Crippen LogP contribution in [0.1, 0.15) is 46.5 Å².